The lowest BCUT2D eigenvalue weighted by atomic mass is 9.84. The van der Waals surface area contributed by atoms with E-state index in [1.54, 1.807) is 62.4 Å². The van der Waals surface area contributed by atoms with E-state index in [2.05, 4.69) is 0 Å². The summed E-state index contributed by atoms with van der Waals surface area (Å²) in [4.78, 5) is 11.3. The fourth-order valence-corrected chi connectivity index (χ4v) is 3.34. The van der Waals surface area contributed by atoms with E-state index >= 15 is 0 Å². The van der Waals surface area contributed by atoms with E-state index in [0.29, 0.717) is 17.5 Å². The monoisotopic (exact) mass is 362 g/mol. The molecule has 0 amide bonds. The Hall–Kier alpha value is -2.18. The highest BCUT2D eigenvalue weighted by Gasteiger charge is 2.29. The smallest absolute Gasteiger partial charge is 0.313 e. The third kappa shape index (κ3) is 5.41. The number of hydrogen-bond donors (Lipinski definition) is 1. The minimum absolute atomic E-state index is 0.0524. The summed E-state index contributed by atoms with van der Waals surface area (Å²) >= 11 is 0. The van der Waals surface area contributed by atoms with Crippen LogP contribution in [0.3, 0.4) is 0 Å². The topological polar surface area (TPSA) is 80.7 Å². The number of carboxylic acid groups (broad SMARTS) is 1. The number of benzene rings is 2. The number of carbonyl (C=O) groups is 1. The standard InChI is InChI=1S/C19H22O5S/c1-19(2,18(20)21)17-10-8-15(9-11-17)12-13-24-25(22,23)14-16-6-4-3-5-7-16/h3-11H,12-14H2,1-2H3,(H,20,21). The lowest BCUT2D eigenvalue weighted by molar-refractivity contribution is -0.142. The van der Waals surface area contributed by atoms with Crippen molar-refractivity contribution in [2.24, 2.45) is 0 Å². The second-order valence-corrected chi connectivity index (χ2v) is 8.03. The summed E-state index contributed by atoms with van der Waals surface area (Å²) < 4.78 is 29.0. The Kier molecular flexibility index (Phi) is 5.98. The molecular formula is C19H22O5S. The molecule has 134 valence electrons. The minimum atomic E-state index is -3.63. The zero-order valence-electron chi connectivity index (χ0n) is 14.3. The predicted molar refractivity (Wildman–Crippen MR) is 95.8 cm³/mol. The number of aliphatic carboxylic acids is 1. The van der Waals surface area contributed by atoms with Crippen LogP contribution in [0.25, 0.3) is 0 Å². The molecule has 0 bridgehead atoms. The van der Waals surface area contributed by atoms with Crippen LogP contribution in [0.2, 0.25) is 0 Å². The average molecular weight is 362 g/mol. The van der Waals surface area contributed by atoms with Gasteiger partial charge in [-0.15, -0.1) is 0 Å². The molecule has 0 aromatic heterocycles. The van der Waals surface area contributed by atoms with Gasteiger partial charge in [-0.05, 0) is 37.0 Å². The highest BCUT2D eigenvalue weighted by atomic mass is 32.2. The SMILES string of the molecule is CC(C)(C(=O)O)c1ccc(CCOS(=O)(=O)Cc2ccccc2)cc1. The maximum Gasteiger partial charge on any atom is 0.313 e. The van der Waals surface area contributed by atoms with Gasteiger partial charge in [-0.2, -0.15) is 8.42 Å². The molecule has 0 unspecified atom stereocenters. The number of hydrogen-bond acceptors (Lipinski definition) is 4. The largest absolute Gasteiger partial charge is 0.481 e. The zero-order valence-corrected chi connectivity index (χ0v) is 15.1. The third-order valence-electron chi connectivity index (χ3n) is 4.05. The Balaban J connectivity index is 1.90. The molecule has 0 aliphatic rings. The summed E-state index contributed by atoms with van der Waals surface area (Å²) in [6.45, 7) is 3.34. The Bertz CT molecular complexity index is 809. The van der Waals surface area contributed by atoms with Gasteiger partial charge < -0.3 is 5.11 Å². The van der Waals surface area contributed by atoms with Gasteiger partial charge in [-0.25, -0.2) is 0 Å². The first kappa shape index (κ1) is 19.1. The summed E-state index contributed by atoms with van der Waals surface area (Å²) in [5.74, 6) is -1.05. The van der Waals surface area contributed by atoms with Crippen LogP contribution in [0.1, 0.15) is 30.5 Å². The molecule has 2 aromatic carbocycles. The lowest BCUT2D eigenvalue weighted by Crippen LogP contribution is -2.28. The van der Waals surface area contributed by atoms with Crippen molar-refractivity contribution in [2.75, 3.05) is 6.61 Å². The summed E-state index contributed by atoms with van der Waals surface area (Å²) in [5, 5.41) is 9.23. The molecule has 2 aromatic rings. The van der Waals surface area contributed by atoms with Gasteiger partial charge in [0.05, 0.1) is 12.0 Å². The molecule has 5 nitrogen and oxygen atoms in total. The minimum Gasteiger partial charge on any atom is -0.481 e. The molecule has 1 N–H and O–H groups in total. The fraction of sp³-hybridized carbons (Fsp3) is 0.316. The molecule has 0 atom stereocenters. The second kappa shape index (κ2) is 7.80. The molecule has 25 heavy (non-hydrogen) atoms. The maximum atomic E-state index is 12.0. The van der Waals surface area contributed by atoms with Crippen molar-refractivity contribution < 1.29 is 22.5 Å². The molecule has 0 radical (unpaired) electrons. The predicted octanol–water partition coefficient (Wildman–Crippen LogP) is 3.14. The molecule has 0 aliphatic carbocycles. The van der Waals surface area contributed by atoms with Crippen molar-refractivity contribution in [2.45, 2.75) is 31.4 Å². The first-order valence-corrected chi connectivity index (χ1v) is 9.52. The molecule has 0 fully saturated rings. The number of rotatable bonds is 8. The van der Waals surface area contributed by atoms with Crippen molar-refractivity contribution in [1.29, 1.82) is 0 Å². The van der Waals surface area contributed by atoms with Crippen molar-refractivity contribution in [1.82, 2.24) is 0 Å². The van der Waals surface area contributed by atoms with Gasteiger partial charge in [0.25, 0.3) is 10.1 Å². The van der Waals surface area contributed by atoms with Crippen molar-refractivity contribution >= 4 is 16.1 Å². The van der Waals surface area contributed by atoms with E-state index in [1.165, 1.54) is 0 Å². The van der Waals surface area contributed by atoms with Gasteiger partial charge in [-0.3, -0.25) is 8.98 Å². The third-order valence-corrected chi connectivity index (χ3v) is 5.26. The summed E-state index contributed by atoms with van der Waals surface area (Å²) in [7, 11) is -3.63. The molecule has 0 heterocycles. The van der Waals surface area contributed by atoms with Crippen LogP contribution in [0.5, 0.6) is 0 Å². The van der Waals surface area contributed by atoms with E-state index in [-0.39, 0.29) is 12.4 Å². The van der Waals surface area contributed by atoms with Gasteiger partial charge >= 0.3 is 5.97 Å². The Morgan fingerprint density at radius 2 is 1.60 bits per heavy atom. The van der Waals surface area contributed by atoms with Crippen LogP contribution in [0.4, 0.5) is 0 Å². The van der Waals surface area contributed by atoms with Crippen molar-refractivity contribution in [3.05, 3.63) is 71.3 Å². The van der Waals surface area contributed by atoms with E-state index < -0.39 is 21.5 Å². The van der Waals surface area contributed by atoms with Crippen LogP contribution < -0.4 is 0 Å². The first-order valence-electron chi connectivity index (χ1n) is 7.94. The van der Waals surface area contributed by atoms with E-state index in [9.17, 15) is 18.3 Å². The van der Waals surface area contributed by atoms with Gasteiger partial charge in [0.2, 0.25) is 0 Å². The van der Waals surface area contributed by atoms with Crippen LogP contribution in [0, 0.1) is 0 Å². The second-order valence-electron chi connectivity index (χ2n) is 6.39. The maximum absolute atomic E-state index is 12.0. The lowest BCUT2D eigenvalue weighted by Gasteiger charge is -2.19. The van der Waals surface area contributed by atoms with Crippen LogP contribution in [0.15, 0.2) is 54.6 Å². The van der Waals surface area contributed by atoms with Gasteiger partial charge in [0.1, 0.15) is 5.75 Å². The molecule has 0 spiro atoms. The first-order chi connectivity index (χ1) is 11.7. The van der Waals surface area contributed by atoms with Crippen LogP contribution in [-0.2, 0) is 36.7 Å². The summed E-state index contributed by atoms with van der Waals surface area (Å²) in [6, 6.07) is 16.0. The van der Waals surface area contributed by atoms with Gasteiger partial charge in [0, 0.05) is 0 Å². The van der Waals surface area contributed by atoms with Gasteiger partial charge in [-0.1, -0.05) is 54.6 Å². The highest BCUT2D eigenvalue weighted by molar-refractivity contribution is 7.85. The Morgan fingerprint density at radius 3 is 2.16 bits per heavy atom. The van der Waals surface area contributed by atoms with E-state index in [0.717, 1.165) is 5.56 Å². The number of carboxylic acids is 1. The van der Waals surface area contributed by atoms with Gasteiger partial charge in [0.15, 0.2) is 0 Å². The highest BCUT2D eigenvalue weighted by Crippen LogP contribution is 2.23. The van der Waals surface area contributed by atoms with Crippen LogP contribution >= 0.6 is 0 Å². The van der Waals surface area contributed by atoms with E-state index in [4.69, 9.17) is 4.18 Å². The average Bonchev–Trinajstić information content (AvgIpc) is 2.55. The van der Waals surface area contributed by atoms with Crippen LogP contribution in [-0.4, -0.2) is 26.1 Å². The normalized spacial score (nSPS) is 12.1. The molecular weight excluding hydrogens is 340 g/mol. The van der Waals surface area contributed by atoms with Crippen molar-refractivity contribution in [3.63, 3.8) is 0 Å². The zero-order chi connectivity index (χ0) is 18.5. The van der Waals surface area contributed by atoms with Crippen molar-refractivity contribution in [3.8, 4) is 0 Å². The van der Waals surface area contributed by atoms with E-state index in [1.807, 2.05) is 6.07 Å². The molecule has 6 heteroatoms. The Morgan fingerprint density at radius 1 is 1.00 bits per heavy atom. The quantitative estimate of drug-likeness (QED) is 0.730. The fourth-order valence-electron chi connectivity index (χ4n) is 2.32. The molecule has 0 saturated carbocycles. The molecule has 0 saturated heterocycles. The summed E-state index contributed by atoms with van der Waals surface area (Å²) in [5.41, 5.74) is 1.30. The molecule has 2 rings (SSSR count). The summed E-state index contributed by atoms with van der Waals surface area (Å²) in [6.07, 6.45) is 0.432. The molecule has 0 aliphatic heterocycles. The Labute approximate surface area is 148 Å².